The van der Waals surface area contributed by atoms with Gasteiger partial charge in [-0.2, -0.15) is 4.37 Å². The van der Waals surface area contributed by atoms with E-state index >= 15 is 0 Å². The Kier molecular flexibility index (Phi) is 3.81. The van der Waals surface area contributed by atoms with E-state index in [1.54, 1.807) is 0 Å². The van der Waals surface area contributed by atoms with E-state index in [1.807, 2.05) is 12.1 Å². The van der Waals surface area contributed by atoms with Crippen molar-refractivity contribution in [3.8, 4) is 0 Å². The first-order valence-electron chi connectivity index (χ1n) is 8.20. The van der Waals surface area contributed by atoms with E-state index in [1.165, 1.54) is 36.5 Å². The summed E-state index contributed by atoms with van der Waals surface area (Å²) in [6.07, 6.45) is 2.53. The first kappa shape index (κ1) is 15.0. The van der Waals surface area contributed by atoms with Gasteiger partial charge in [-0.05, 0) is 43.6 Å². The van der Waals surface area contributed by atoms with E-state index < -0.39 is 0 Å². The first-order valence-corrected chi connectivity index (χ1v) is 8.97. The molecule has 0 amide bonds. The third-order valence-corrected chi connectivity index (χ3v) is 5.97. The largest absolute Gasteiger partial charge is 0.346 e. The molecule has 4 rings (SSSR count). The lowest BCUT2D eigenvalue weighted by molar-refractivity contribution is 0.150. The minimum absolute atomic E-state index is 0.0923. The lowest BCUT2D eigenvalue weighted by Crippen LogP contribution is -2.60. The van der Waals surface area contributed by atoms with Gasteiger partial charge in [0.15, 0.2) is 5.82 Å². The number of piperidine rings is 1. The highest BCUT2D eigenvalue weighted by Crippen LogP contribution is 2.42. The van der Waals surface area contributed by atoms with E-state index in [9.17, 15) is 4.39 Å². The standard InChI is InChI=1S/C17H21FN4S/c1-12(13-2-4-14(18)5-3-13)15-20-16(23-21-15)22-10-17(11-22)6-8-19-9-7-17/h2-5,12,19H,6-11H2,1H3. The maximum Gasteiger partial charge on any atom is 0.205 e. The molecule has 2 saturated heterocycles. The van der Waals surface area contributed by atoms with Crippen LogP contribution in [0.5, 0.6) is 0 Å². The van der Waals surface area contributed by atoms with Gasteiger partial charge in [-0.15, -0.1) is 0 Å². The van der Waals surface area contributed by atoms with Crippen molar-refractivity contribution in [1.29, 1.82) is 0 Å². The number of rotatable bonds is 3. The number of halogens is 1. The van der Waals surface area contributed by atoms with Crippen LogP contribution in [0, 0.1) is 11.2 Å². The molecule has 2 aliphatic heterocycles. The Morgan fingerprint density at radius 1 is 1.22 bits per heavy atom. The Morgan fingerprint density at radius 3 is 2.61 bits per heavy atom. The summed E-state index contributed by atoms with van der Waals surface area (Å²) in [7, 11) is 0. The number of hydrogen-bond donors (Lipinski definition) is 1. The molecular weight excluding hydrogens is 311 g/mol. The quantitative estimate of drug-likeness (QED) is 0.938. The maximum atomic E-state index is 13.0. The van der Waals surface area contributed by atoms with E-state index in [4.69, 9.17) is 4.98 Å². The van der Waals surface area contributed by atoms with Crippen LogP contribution in [-0.4, -0.2) is 35.5 Å². The van der Waals surface area contributed by atoms with Crippen LogP contribution >= 0.6 is 11.5 Å². The van der Waals surface area contributed by atoms with Gasteiger partial charge in [0.25, 0.3) is 0 Å². The highest BCUT2D eigenvalue weighted by Gasteiger charge is 2.44. The van der Waals surface area contributed by atoms with Crippen LogP contribution in [0.15, 0.2) is 24.3 Å². The van der Waals surface area contributed by atoms with Gasteiger partial charge in [-0.3, -0.25) is 0 Å². The van der Waals surface area contributed by atoms with Gasteiger partial charge in [-0.1, -0.05) is 19.1 Å². The Morgan fingerprint density at radius 2 is 1.91 bits per heavy atom. The molecule has 6 heteroatoms. The van der Waals surface area contributed by atoms with E-state index in [2.05, 4.69) is 21.5 Å². The van der Waals surface area contributed by atoms with Gasteiger partial charge in [0, 0.05) is 36.0 Å². The Labute approximate surface area is 139 Å². The van der Waals surface area contributed by atoms with Crippen molar-refractivity contribution in [3.63, 3.8) is 0 Å². The molecule has 4 nitrogen and oxygen atoms in total. The molecule has 0 aliphatic carbocycles. The number of nitrogens with one attached hydrogen (secondary N) is 1. The van der Waals surface area contributed by atoms with Crippen LogP contribution < -0.4 is 10.2 Å². The smallest absolute Gasteiger partial charge is 0.205 e. The topological polar surface area (TPSA) is 41.1 Å². The van der Waals surface area contributed by atoms with Crippen LogP contribution in [0.4, 0.5) is 9.52 Å². The molecule has 122 valence electrons. The predicted octanol–water partition coefficient (Wildman–Crippen LogP) is 3.02. The van der Waals surface area contributed by atoms with Crippen molar-refractivity contribution >= 4 is 16.7 Å². The Balaban J connectivity index is 1.44. The third kappa shape index (κ3) is 2.85. The van der Waals surface area contributed by atoms with Crippen LogP contribution in [0.2, 0.25) is 0 Å². The average molecular weight is 332 g/mol. The highest BCUT2D eigenvalue weighted by molar-refractivity contribution is 7.09. The Hall–Kier alpha value is -1.53. The molecule has 1 aromatic heterocycles. The molecule has 3 heterocycles. The van der Waals surface area contributed by atoms with Crippen molar-refractivity contribution in [2.45, 2.75) is 25.7 Å². The summed E-state index contributed by atoms with van der Waals surface area (Å²) in [5, 5.41) is 4.46. The zero-order chi connectivity index (χ0) is 15.9. The molecule has 1 unspecified atom stereocenters. The van der Waals surface area contributed by atoms with Crippen LogP contribution in [-0.2, 0) is 0 Å². The fraction of sp³-hybridized carbons (Fsp3) is 0.529. The summed E-state index contributed by atoms with van der Waals surface area (Å²) in [4.78, 5) is 7.08. The highest BCUT2D eigenvalue weighted by atomic mass is 32.1. The molecule has 1 aromatic carbocycles. The minimum atomic E-state index is -0.208. The number of hydrogen-bond acceptors (Lipinski definition) is 5. The molecule has 2 fully saturated rings. The van der Waals surface area contributed by atoms with Crippen LogP contribution in [0.25, 0.3) is 0 Å². The molecule has 1 atom stereocenters. The second kappa shape index (κ2) is 5.83. The zero-order valence-corrected chi connectivity index (χ0v) is 14.1. The lowest BCUT2D eigenvalue weighted by atomic mass is 9.73. The van der Waals surface area contributed by atoms with Gasteiger partial charge in [-0.25, -0.2) is 9.37 Å². The van der Waals surface area contributed by atoms with E-state index in [0.29, 0.717) is 5.41 Å². The molecule has 0 bridgehead atoms. The predicted molar refractivity (Wildman–Crippen MR) is 90.6 cm³/mol. The summed E-state index contributed by atoms with van der Waals surface area (Å²) in [6, 6.07) is 6.62. The molecular formula is C17H21FN4S. The van der Waals surface area contributed by atoms with Gasteiger partial charge in [0.1, 0.15) is 5.82 Å². The van der Waals surface area contributed by atoms with Crippen molar-refractivity contribution in [2.75, 3.05) is 31.1 Å². The second-order valence-corrected chi connectivity index (χ2v) is 7.54. The molecule has 23 heavy (non-hydrogen) atoms. The zero-order valence-electron chi connectivity index (χ0n) is 13.3. The number of anilines is 1. The summed E-state index contributed by atoms with van der Waals surface area (Å²) in [6.45, 7) is 6.56. The lowest BCUT2D eigenvalue weighted by Gasteiger charge is -2.52. The van der Waals surface area contributed by atoms with Gasteiger partial charge < -0.3 is 10.2 Å². The van der Waals surface area contributed by atoms with Crippen LogP contribution in [0.3, 0.4) is 0 Å². The average Bonchev–Trinajstić information content (AvgIpc) is 3.03. The third-order valence-electron chi connectivity index (χ3n) is 5.18. The van der Waals surface area contributed by atoms with E-state index in [-0.39, 0.29) is 11.7 Å². The van der Waals surface area contributed by atoms with Gasteiger partial charge in [0.2, 0.25) is 5.13 Å². The summed E-state index contributed by atoms with van der Waals surface area (Å²) in [5.41, 5.74) is 1.55. The molecule has 2 aliphatic rings. The normalized spacial score (nSPS) is 21.2. The number of aromatic nitrogens is 2. The van der Waals surface area contributed by atoms with Crippen molar-refractivity contribution in [2.24, 2.45) is 5.41 Å². The van der Waals surface area contributed by atoms with Crippen LogP contribution in [0.1, 0.15) is 37.1 Å². The second-order valence-electron chi connectivity index (χ2n) is 6.81. The molecule has 0 saturated carbocycles. The Bertz CT molecular complexity index is 670. The fourth-order valence-electron chi connectivity index (χ4n) is 3.60. The molecule has 2 aromatic rings. The molecule has 0 radical (unpaired) electrons. The summed E-state index contributed by atoms with van der Waals surface area (Å²) in [5.74, 6) is 0.721. The first-order chi connectivity index (χ1) is 11.2. The van der Waals surface area contributed by atoms with Crippen molar-refractivity contribution in [1.82, 2.24) is 14.7 Å². The molecule has 1 spiro atoms. The number of nitrogens with zero attached hydrogens (tertiary/aromatic N) is 3. The molecule has 1 N–H and O–H groups in total. The summed E-state index contributed by atoms with van der Waals surface area (Å²) < 4.78 is 17.6. The fourth-order valence-corrected chi connectivity index (χ4v) is 4.36. The number of benzene rings is 1. The van der Waals surface area contributed by atoms with E-state index in [0.717, 1.165) is 42.7 Å². The maximum absolute atomic E-state index is 13.0. The van der Waals surface area contributed by atoms with Crippen molar-refractivity contribution in [3.05, 3.63) is 41.5 Å². The minimum Gasteiger partial charge on any atom is -0.346 e. The monoisotopic (exact) mass is 332 g/mol. The SMILES string of the molecule is CC(c1ccc(F)cc1)c1nsc(N2CC3(CCNCC3)C2)n1. The van der Waals surface area contributed by atoms with Gasteiger partial charge >= 0.3 is 0 Å². The van der Waals surface area contributed by atoms with Gasteiger partial charge in [0.05, 0.1) is 0 Å². The summed E-state index contributed by atoms with van der Waals surface area (Å²) >= 11 is 1.48. The van der Waals surface area contributed by atoms with Crippen molar-refractivity contribution < 1.29 is 4.39 Å².